The van der Waals surface area contributed by atoms with Gasteiger partial charge in [-0.15, -0.1) is 0 Å². The van der Waals surface area contributed by atoms with Crippen LogP contribution in [0, 0.1) is 0 Å². The summed E-state index contributed by atoms with van der Waals surface area (Å²) in [6, 6.07) is 1.07. The maximum atomic E-state index is 11.1. The van der Waals surface area contributed by atoms with Gasteiger partial charge in [-0.25, -0.2) is 9.89 Å². The molecule has 0 radical (unpaired) electrons. The summed E-state index contributed by atoms with van der Waals surface area (Å²) in [5.41, 5.74) is -0.543. The largest absolute Gasteiger partial charge is 0.478 e. The quantitative estimate of drug-likeness (QED) is 0.702. The van der Waals surface area contributed by atoms with Crippen molar-refractivity contribution in [3.8, 4) is 0 Å². The number of carboxylic acid groups (broad SMARTS) is 1. The molecule has 1 aromatic rings. The molecule has 1 aliphatic heterocycles. The maximum Gasteiger partial charge on any atom is 0.339 e. The summed E-state index contributed by atoms with van der Waals surface area (Å²) in [7, 11) is 2.01. The maximum absolute atomic E-state index is 11.1. The lowest BCUT2D eigenvalue weighted by molar-refractivity contribution is 0.0696. The summed E-state index contributed by atoms with van der Waals surface area (Å²) in [6.45, 7) is 3.10. The van der Waals surface area contributed by atoms with Gasteiger partial charge in [-0.3, -0.25) is 4.79 Å². The van der Waals surface area contributed by atoms with Gasteiger partial charge in [0.2, 0.25) is 0 Å². The highest BCUT2D eigenvalue weighted by Crippen LogP contribution is 2.16. The number of nitrogens with zero attached hydrogens (tertiary/aromatic N) is 3. The first-order valence-corrected chi connectivity index (χ1v) is 5.34. The number of nitrogens with one attached hydrogen (secondary N) is 1. The zero-order chi connectivity index (χ0) is 12.4. The van der Waals surface area contributed by atoms with Crippen LogP contribution in [0.2, 0.25) is 0 Å². The molecule has 0 saturated carbocycles. The van der Waals surface area contributed by atoms with Crippen LogP contribution in [0.4, 0.5) is 5.82 Å². The number of aromatic amines is 1. The molecular formula is C10H14N4O3. The van der Waals surface area contributed by atoms with E-state index in [2.05, 4.69) is 15.1 Å². The molecule has 0 amide bonds. The number of hydrogen-bond acceptors (Lipinski definition) is 5. The number of hydrogen-bond donors (Lipinski definition) is 2. The van der Waals surface area contributed by atoms with Crippen LogP contribution in [-0.4, -0.2) is 59.4 Å². The van der Waals surface area contributed by atoms with Crippen molar-refractivity contribution in [3.63, 3.8) is 0 Å². The molecule has 2 heterocycles. The van der Waals surface area contributed by atoms with Crippen LogP contribution in [0.15, 0.2) is 10.9 Å². The van der Waals surface area contributed by atoms with Crippen LogP contribution in [0.5, 0.6) is 0 Å². The van der Waals surface area contributed by atoms with E-state index in [4.69, 9.17) is 5.11 Å². The topological polar surface area (TPSA) is 89.5 Å². The Bertz CT molecular complexity index is 477. The lowest BCUT2D eigenvalue weighted by atomic mass is 10.2. The van der Waals surface area contributed by atoms with Crippen molar-refractivity contribution in [2.75, 3.05) is 38.1 Å². The SMILES string of the molecule is CN1CCN(c2n[nH]c(=O)cc2C(=O)O)CC1. The van der Waals surface area contributed by atoms with Gasteiger partial charge in [-0.1, -0.05) is 0 Å². The van der Waals surface area contributed by atoms with Gasteiger partial charge in [0.05, 0.1) is 0 Å². The molecular weight excluding hydrogens is 224 g/mol. The predicted molar refractivity (Wildman–Crippen MR) is 61.5 cm³/mol. The smallest absolute Gasteiger partial charge is 0.339 e. The standard InChI is InChI=1S/C10H14N4O3/c1-13-2-4-14(5-3-13)9-7(10(16)17)6-8(15)11-12-9/h6H,2-5H2,1H3,(H,11,15)(H,16,17). The van der Waals surface area contributed by atoms with Gasteiger partial charge in [0.1, 0.15) is 5.56 Å². The molecule has 1 aromatic heterocycles. The molecule has 2 N–H and O–H groups in total. The van der Waals surface area contributed by atoms with Crippen LogP contribution in [0.1, 0.15) is 10.4 Å². The van der Waals surface area contributed by atoms with Gasteiger partial charge in [-0.2, -0.15) is 5.10 Å². The van der Waals surface area contributed by atoms with Crippen molar-refractivity contribution in [1.29, 1.82) is 0 Å². The van der Waals surface area contributed by atoms with Crippen LogP contribution in [0.3, 0.4) is 0 Å². The average Bonchev–Trinajstić information content (AvgIpc) is 2.30. The molecule has 1 aliphatic rings. The Morgan fingerprint density at radius 1 is 1.41 bits per heavy atom. The van der Waals surface area contributed by atoms with Gasteiger partial charge < -0.3 is 14.9 Å². The number of piperazine rings is 1. The van der Waals surface area contributed by atoms with Crippen molar-refractivity contribution < 1.29 is 9.90 Å². The summed E-state index contributed by atoms with van der Waals surface area (Å²) >= 11 is 0. The molecule has 17 heavy (non-hydrogen) atoms. The molecule has 1 fully saturated rings. The zero-order valence-electron chi connectivity index (χ0n) is 9.51. The average molecular weight is 238 g/mol. The molecule has 0 aromatic carbocycles. The van der Waals surface area contributed by atoms with E-state index in [0.29, 0.717) is 18.9 Å². The Morgan fingerprint density at radius 3 is 2.65 bits per heavy atom. The molecule has 0 spiro atoms. The number of rotatable bonds is 2. The van der Waals surface area contributed by atoms with E-state index in [0.717, 1.165) is 19.2 Å². The van der Waals surface area contributed by atoms with E-state index in [9.17, 15) is 9.59 Å². The minimum absolute atomic E-state index is 0.0432. The summed E-state index contributed by atoms with van der Waals surface area (Å²) in [5, 5.41) is 15.2. The third-order valence-electron chi connectivity index (χ3n) is 2.82. The Hall–Kier alpha value is -1.89. The lowest BCUT2D eigenvalue weighted by Crippen LogP contribution is -2.45. The van der Waals surface area contributed by atoms with E-state index < -0.39 is 11.5 Å². The van der Waals surface area contributed by atoms with Gasteiger partial charge in [0, 0.05) is 32.2 Å². The van der Waals surface area contributed by atoms with E-state index in [1.165, 1.54) is 0 Å². The third kappa shape index (κ3) is 2.44. The van der Waals surface area contributed by atoms with Crippen LogP contribution in [0.25, 0.3) is 0 Å². The fourth-order valence-electron chi connectivity index (χ4n) is 1.81. The Morgan fingerprint density at radius 2 is 2.06 bits per heavy atom. The molecule has 92 valence electrons. The molecule has 7 nitrogen and oxygen atoms in total. The lowest BCUT2D eigenvalue weighted by Gasteiger charge is -2.33. The molecule has 0 atom stereocenters. The van der Waals surface area contributed by atoms with E-state index in [1.807, 2.05) is 11.9 Å². The number of likely N-dealkylation sites (N-methyl/N-ethyl adjacent to an activating group) is 1. The van der Waals surface area contributed by atoms with E-state index >= 15 is 0 Å². The second-order valence-electron chi connectivity index (χ2n) is 4.06. The monoisotopic (exact) mass is 238 g/mol. The molecule has 0 bridgehead atoms. The van der Waals surface area contributed by atoms with Crippen molar-refractivity contribution in [2.24, 2.45) is 0 Å². The van der Waals surface area contributed by atoms with Crippen LogP contribution < -0.4 is 10.5 Å². The number of carbonyl (C=O) groups is 1. The van der Waals surface area contributed by atoms with E-state index in [-0.39, 0.29) is 5.56 Å². The number of H-pyrrole nitrogens is 1. The Balaban J connectivity index is 2.31. The Labute approximate surface area is 97.7 Å². The third-order valence-corrected chi connectivity index (χ3v) is 2.82. The molecule has 0 aliphatic carbocycles. The second-order valence-corrected chi connectivity index (χ2v) is 4.06. The fraction of sp³-hybridized carbons (Fsp3) is 0.500. The van der Waals surface area contributed by atoms with Gasteiger partial charge in [0.25, 0.3) is 5.56 Å². The number of aromatic carboxylic acids is 1. The molecule has 2 rings (SSSR count). The number of anilines is 1. The predicted octanol–water partition coefficient (Wildman–Crippen LogP) is -0.780. The normalized spacial score (nSPS) is 17.1. The zero-order valence-corrected chi connectivity index (χ0v) is 9.51. The first-order valence-electron chi connectivity index (χ1n) is 5.34. The highest BCUT2D eigenvalue weighted by atomic mass is 16.4. The molecule has 7 heteroatoms. The second kappa shape index (κ2) is 4.54. The first-order chi connectivity index (χ1) is 8.08. The Kier molecular flexibility index (Phi) is 3.10. The summed E-state index contributed by atoms with van der Waals surface area (Å²) < 4.78 is 0. The highest BCUT2D eigenvalue weighted by molar-refractivity contribution is 5.93. The fourth-order valence-corrected chi connectivity index (χ4v) is 1.81. The van der Waals surface area contributed by atoms with Crippen molar-refractivity contribution in [1.82, 2.24) is 15.1 Å². The van der Waals surface area contributed by atoms with Crippen molar-refractivity contribution >= 4 is 11.8 Å². The van der Waals surface area contributed by atoms with Crippen LogP contribution >= 0.6 is 0 Å². The van der Waals surface area contributed by atoms with Gasteiger partial charge >= 0.3 is 5.97 Å². The van der Waals surface area contributed by atoms with Gasteiger partial charge in [-0.05, 0) is 7.05 Å². The number of aromatic nitrogens is 2. The molecule has 1 saturated heterocycles. The summed E-state index contributed by atoms with van der Waals surface area (Å²) in [5.74, 6) is -0.789. The van der Waals surface area contributed by atoms with Crippen molar-refractivity contribution in [2.45, 2.75) is 0 Å². The first kappa shape index (κ1) is 11.6. The number of carboxylic acids is 1. The minimum Gasteiger partial charge on any atom is -0.478 e. The highest BCUT2D eigenvalue weighted by Gasteiger charge is 2.21. The van der Waals surface area contributed by atoms with Crippen molar-refractivity contribution in [3.05, 3.63) is 22.0 Å². The van der Waals surface area contributed by atoms with Crippen LogP contribution in [-0.2, 0) is 0 Å². The van der Waals surface area contributed by atoms with Gasteiger partial charge in [0.15, 0.2) is 5.82 Å². The van der Waals surface area contributed by atoms with E-state index in [1.54, 1.807) is 0 Å². The summed E-state index contributed by atoms with van der Waals surface area (Å²) in [4.78, 5) is 26.2. The molecule has 0 unspecified atom stereocenters. The minimum atomic E-state index is -1.13. The summed E-state index contributed by atoms with van der Waals surface area (Å²) in [6.07, 6.45) is 0.